The van der Waals surface area contributed by atoms with Crippen molar-refractivity contribution >= 4 is 18.7 Å². The van der Waals surface area contributed by atoms with Crippen molar-refractivity contribution in [2.75, 3.05) is 6.61 Å². The summed E-state index contributed by atoms with van der Waals surface area (Å²) in [4.78, 5) is 0. The summed E-state index contributed by atoms with van der Waals surface area (Å²) in [6, 6.07) is 62.2. The van der Waals surface area contributed by atoms with Gasteiger partial charge < -0.3 is 28.1 Å². The van der Waals surface area contributed by atoms with E-state index in [1.165, 1.54) is 10.4 Å². The van der Waals surface area contributed by atoms with E-state index in [9.17, 15) is 0 Å². The number of ether oxygens (including phenoxy) is 5. The van der Waals surface area contributed by atoms with Crippen LogP contribution in [0.3, 0.4) is 0 Å². The predicted octanol–water partition coefficient (Wildman–Crippen LogP) is 9.26. The van der Waals surface area contributed by atoms with E-state index in [2.05, 4.69) is 130 Å². The van der Waals surface area contributed by atoms with Gasteiger partial charge in [0, 0.05) is 0 Å². The number of rotatable bonds is 17. The minimum Gasteiger partial charge on any atom is -0.405 e. The Balaban J connectivity index is 1.29. The standard InChI is InChI=1S/C50H54O6Si/c1-50(2,3)57(43-30-18-8-19-31-43,44-32-20-9-21-33-44)55-38-45-46(51-34-39-22-10-4-11-23-39)47(52-35-40-24-12-5-13-25-40)48(53-36-41-26-14-6-15-27-41)49(56-45)54-37-42-28-16-7-17-29-42/h4-33,45-49H,34-38H2,1-3H3/t45-,46+,47+,48-,49-/m1/s1. The molecule has 1 heterocycles. The first-order valence-corrected chi connectivity index (χ1v) is 21.8. The predicted molar refractivity (Wildman–Crippen MR) is 229 cm³/mol. The average Bonchev–Trinajstić information content (AvgIpc) is 3.26. The molecule has 294 valence electrons. The zero-order chi connectivity index (χ0) is 39.3. The molecule has 0 bridgehead atoms. The lowest BCUT2D eigenvalue weighted by molar-refractivity contribution is -0.328. The lowest BCUT2D eigenvalue weighted by Gasteiger charge is -2.48. The Kier molecular flexibility index (Phi) is 13.9. The van der Waals surface area contributed by atoms with Crippen LogP contribution in [0.1, 0.15) is 43.0 Å². The second kappa shape index (κ2) is 19.6. The Bertz CT molecular complexity index is 1990. The minimum absolute atomic E-state index is 0.238. The molecular formula is C50H54O6Si. The molecule has 1 saturated heterocycles. The number of hydrogen-bond donors (Lipinski definition) is 0. The average molecular weight is 779 g/mol. The van der Waals surface area contributed by atoms with Crippen LogP contribution >= 0.6 is 0 Å². The number of hydrogen-bond acceptors (Lipinski definition) is 6. The molecule has 0 aliphatic carbocycles. The SMILES string of the molecule is CC(C)(C)[Si](OC[C@H]1O[C@@H](OCc2ccccc2)[C@H](OCc2ccccc2)[C@@H](OCc2ccccc2)[C@H]1OCc1ccccc1)(c1ccccc1)c1ccccc1. The van der Waals surface area contributed by atoms with Crippen molar-refractivity contribution in [3.05, 3.63) is 204 Å². The van der Waals surface area contributed by atoms with Gasteiger partial charge in [-0.3, -0.25) is 0 Å². The molecule has 7 rings (SSSR count). The van der Waals surface area contributed by atoms with E-state index >= 15 is 0 Å². The molecule has 1 fully saturated rings. The summed E-state index contributed by atoms with van der Waals surface area (Å²) >= 11 is 0. The molecule has 0 N–H and O–H groups in total. The molecule has 0 spiro atoms. The third-order valence-electron chi connectivity index (χ3n) is 10.6. The van der Waals surface area contributed by atoms with Crippen LogP contribution in [-0.4, -0.2) is 45.6 Å². The third kappa shape index (κ3) is 10.2. The van der Waals surface area contributed by atoms with Gasteiger partial charge in [-0.15, -0.1) is 0 Å². The molecule has 0 aromatic heterocycles. The Labute approximate surface area is 339 Å². The van der Waals surface area contributed by atoms with Gasteiger partial charge >= 0.3 is 0 Å². The van der Waals surface area contributed by atoms with E-state index < -0.39 is 39.0 Å². The Hall–Kier alpha value is -4.70. The second-order valence-electron chi connectivity index (χ2n) is 15.6. The molecule has 0 saturated carbocycles. The van der Waals surface area contributed by atoms with Crippen molar-refractivity contribution in [3.8, 4) is 0 Å². The van der Waals surface area contributed by atoms with Crippen molar-refractivity contribution in [1.29, 1.82) is 0 Å². The van der Waals surface area contributed by atoms with Crippen LogP contribution in [0.5, 0.6) is 0 Å². The van der Waals surface area contributed by atoms with Gasteiger partial charge in [0.2, 0.25) is 0 Å². The molecule has 7 heteroatoms. The first-order chi connectivity index (χ1) is 27.9. The van der Waals surface area contributed by atoms with Gasteiger partial charge in [-0.05, 0) is 37.7 Å². The van der Waals surface area contributed by atoms with E-state index in [1.54, 1.807) is 0 Å². The summed E-state index contributed by atoms with van der Waals surface area (Å²) in [6.45, 7) is 8.50. The molecule has 0 amide bonds. The molecule has 6 aromatic carbocycles. The summed E-state index contributed by atoms with van der Waals surface area (Å²) in [6.07, 6.45) is -3.17. The maximum Gasteiger partial charge on any atom is 0.261 e. The highest BCUT2D eigenvalue weighted by molar-refractivity contribution is 6.99. The molecule has 0 radical (unpaired) electrons. The zero-order valence-corrected chi connectivity index (χ0v) is 34.2. The van der Waals surface area contributed by atoms with Gasteiger partial charge in [0.05, 0.1) is 33.0 Å². The zero-order valence-electron chi connectivity index (χ0n) is 33.2. The fraction of sp³-hybridized carbons (Fsp3) is 0.280. The first-order valence-electron chi connectivity index (χ1n) is 19.9. The molecule has 0 unspecified atom stereocenters. The molecule has 6 nitrogen and oxygen atoms in total. The fourth-order valence-electron chi connectivity index (χ4n) is 7.74. The van der Waals surface area contributed by atoms with Crippen LogP contribution in [0, 0.1) is 0 Å². The Morgan fingerprint density at radius 2 is 0.754 bits per heavy atom. The van der Waals surface area contributed by atoms with Gasteiger partial charge in [-0.25, -0.2) is 0 Å². The van der Waals surface area contributed by atoms with Crippen LogP contribution in [-0.2, 0) is 54.5 Å². The van der Waals surface area contributed by atoms with Gasteiger partial charge in [0.15, 0.2) is 6.29 Å². The molecule has 57 heavy (non-hydrogen) atoms. The summed E-state index contributed by atoms with van der Waals surface area (Å²) in [5, 5.41) is 2.15. The van der Waals surface area contributed by atoms with E-state index in [1.807, 2.05) is 72.8 Å². The van der Waals surface area contributed by atoms with Crippen molar-refractivity contribution in [3.63, 3.8) is 0 Å². The molecule has 1 aliphatic heterocycles. The van der Waals surface area contributed by atoms with Crippen molar-refractivity contribution < 1.29 is 28.1 Å². The Morgan fingerprint density at radius 1 is 0.421 bits per heavy atom. The van der Waals surface area contributed by atoms with E-state index in [-0.39, 0.29) is 11.6 Å². The highest BCUT2D eigenvalue weighted by atomic mass is 28.4. The van der Waals surface area contributed by atoms with Crippen LogP contribution < -0.4 is 10.4 Å². The Morgan fingerprint density at radius 3 is 1.14 bits per heavy atom. The minimum atomic E-state index is -2.96. The largest absolute Gasteiger partial charge is 0.405 e. The van der Waals surface area contributed by atoms with Gasteiger partial charge in [0.1, 0.15) is 24.4 Å². The van der Waals surface area contributed by atoms with Crippen molar-refractivity contribution in [2.24, 2.45) is 0 Å². The van der Waals surface area contributed by atoms with E-state index in [0.29, 0.717) is 26.4 Å². The maximum absolute atomic E-state index is 7.56. The molecular weight excluding hydrogens is 725 g/mol. The quantitative estimate of drug-likeness (QED) is 0.0862. The van der Waals surface area contributed by atoms with Crippen LogP contribution in [0.15, 0.2) is 182 Å². The normalized spacial score (nSPS) is 19.9. The highest BCUT2D eigenvalue weighted by Gasteiger charge is 2.53. The van der Waals surface area contributed by atoms with Gasteiger partial charge in [-0.1, -0.05) is 203 Å². The summed E-state index contributed by atoms with van der Waals surface area (Å²) in [5.74, 6) is 0. The summed E-state index contributed by atoms with van der Waals surface area (Å²) in [5.41, 5.74) is 4.18. The van der Waals surface area contributed by atoms with Crippen LogP contribution in [0.4, 0.5) is 0 Å². The molecule has 6 aromatic rings. The smallest absolute Gasteiger partial charge is 0.261 e. The van der Waals surface area contributed by atoms with Gasteiger partial charge in [-0.2, -0.15) is 0 Å². The topological polar surface area (TPSA) is 55.4 Å². The summed E-state index contributed by atoms with van der Waals surface area (Å²) < 4.78 is 42.2. The highest BCUT2D eigenvalue weighted by Crippen LogP contribution is 2.38. The maximum atomic E-state index is 7.56. The molecule has 1 aliphatic rings. The van der Waals surface area contributed by atoms with Crippen LogP contribution in [0.25, 0.3) is 0 Å². The summed E-state index contributed by atoms with van der Waals surface area (Å²) in [7, 11) is -2.96. The van der Waals surface area contributed by atoms with Crippen molar-refractivity contribution in [1.82, 2.24) is 0 Å². The first kappa shape index (κ1) is 40.5. The van der Waals surface area contributed by atoms with Crippen molar-refractivity contribution in [2.45, 2.75) is 82.9 Å². The monoisotopic (exact) mass is 778 g/mol. The second-order valence-corrected chi connectivity index (χ2v) is 19.9. The number of benzene rings is 6. The fourth-order valence-corrected chi connectivity index (χ4v) is 12.3. The lowest BCUT2D eigenvalue weighted by atomic mass is 9.97. The third-order valence-corrected chi connectivity index (χ3v) is 15.6. The van der Waals surface area contributed by atoms with Gasteiger partial charge in [0.25, 0.3) is 8.32 Å². The molecule has 5 atom stereocenters. The van der Waals surface area contributed by atoms with Crippen LogP contribution in [0.2, 0.25) is 5.04 Å². The van der Waals surface area contributed by atoms with E-state index in [0.717, 1.165) is 22.3 Å². The van der Waals surface area contributed by atoms with E-state index in [4.69, 9.17) is 28.1 Å². The lowest BCUT2D eigenvalue weighted by Crippen LogP contribution is -2.68.